The molecule has 0 bridgehead atoms. The van der Waals surface area contributed by atoms with Gasteiger partial charge in [0.05, 0.1) is 12.6 Å². The van der Waals surface area contributed by atoms with Crippen molar-refractivity contribution in [2.45, 2.75) is 89.3 Å². The van der Waals surface area contributed by atoms with E-state index in [0.29, 0.717) is 19.4 Å². The molecule has 45 heavy (non-hydrogen) atoms. The maximum Gasteiger partial charge on any atom is 0.245 e. The number of piperazine rings is 1. The van der Waals surface area contributed by atoms with E-state index < -0.39 is 12.1 Å². The van der Waals surface area contributed by atoms with Crippen LogP contribution >= 0.6 is 0 Å². The van der Waals surface area contributed by atoms with Gasteiger partial charge in [-0.05, 0) is 106 Å². The fraction of sp³-hybridized carbons (Fsp3) is 0.583. The molecule has 6 rings (SSSR count). The van der Waals surface area contributed by atoms with Gasteiger partial charge in [0.2, 0.25) is 17.7 Å². The Morgan fingerprint density at radius 3 is 2.24 bits per heavy atom. The van der Waals surface area contributed by atoms with E-state index in [1.54, 1.807) is 17.5 Å². The Hall–Kier alpha value is -3.59. The van der Waals surface area contributed by atoms with E-state index in [1.165, 1.54) is 53.7 Å². The lowest BCUT2D eigenvalue weighted by Gasteiger charge is -2.40. The van der Waals surface area contributed by atoms with Gasteiger partial charge in [-0.15, -0.1) is 0 Å². The number of nitrogens with zero attached hydrogens (tertiary/aromatic N) is 3. The van der Waals surface area contributed by atoms with Crippen molar-refractivity contribution in [2.75, 3.05) is 56.1 Å². The largest absolute Gasteiger partial charge is 0.368 e. The van der Waals surface area contributed by atoms with Crippen LogP contribution in [0.3, 0.4) is 0 Å². The molecule has 242 valence electrons. The Balaban J connectivity index is 1.11. The lowest BCUT2D eigenvalue weighted by Crippen LogP contribution is -2.54. The van der Waals surface area contributed by atoms with Crippen LogP contribution in [0.15, 0.2) is 36.4 Å². The van der Waals surface area contributed by atoms with Crippen LogP contribution in [-0.2, 0) is 33.6 Å². The summed E-state index contributed by atoms with van der Waals surface area (Å²) in [7, 11) is 1.70. The second kappa shape index (κ2) is 14.2. The van der Waals surface area contributed by atoms with Crippen LogP contribution in [0.5, 0.6) is 0 Å². The van der Waals surface area contributed by atoms with Crippen molar-refractivity contribution >= 4 is 29.1 Å². The summed E-state index contributed by atoms with van der Waals surface area (Å²) >= 11 is 0. The summed E-state index contributed by atoms with van der Waals surface area (Å²) in [5.74, 6) is -0.464. The molecule has 4 aliphatic rings. The van der Waals surface area contributed by atoms with E-state index in [2.05, 4.69) is 62.1 Å². The highest BCUT2D eigenvalue weighted by Gasteiger charge is 2.38. The zero-order valence-electron chi connectivity index (χ0n) is 27.1. The zero-order valence-corrected chi connectivity index (χ0v) is 27.1. The first-order valence-electron chi connectivity index (χ1n) is 17.3. The molecule has 2 aliphatic heterocycles. The predicted octanol–water partition coefficient (Wildman–Crippen LogP) is 3.49. The van der Waals surface area contributed by atoms with Gasteiger partial charge in [-0.2, -0.15) is 0 Å². The first-order valence-corrected chi connectivity index (χ1v) is 17.3. The van der Waals surface area contributed by atoms with Gasteiger partial charge >= 0.3 is 0 Å². The Bertz CT molecular complexity index is 1390. The third-order valence-electron chi connectivity index (χ3n) is 10.3. The van der Waals surface area contributed by atoms with Crippen molar-refractivity contribution < 1.29 is 14.4 Å². The lowest BCUT2D eigenvalue weighted by molar-refractivity contribution is -0.141. The van der Waals surface area contributed by atoms with Crippen LogP contribution in [0.2, 0.25) is 0 Å². The molecule has 2 aromatic rings. The monoisotopic (exact) mass is 614 g/mol. The fourth-order valence-corrected chi connectivity index (χ4v) is 8.04. The Morgan fingerprint density at radius 2 is 1.51 bits per heavy atom. The van der Waals surface area contributed by atoms with Gasteiger partial charge in [-0.25, -0.2) is 0 Å². The van der Waals surface area contributed by atoms with Crippen LogP contribution < -0.4 is 25.8 Å². The number of fused-ring (bicyclic) bond motifs is 2. The van der Waals surface area contributed by atoms with E-state index in [9.17, 15) is 14.4 Å². The summed E-state index contributed by atoms with van der Waals surface area (Å²) in [4.78, 5) is 46.1. The molecule has 3 unspecified atom stereocenters. The summed E-state index contributed by atoms with van der Waals surface area (Å²) < 4.78 is 0. The van der Waals surface area contributed by atoms with Crippen LogP contribution in [0, 0.1) is 0 Å². The minimum absolute atomic E-state index is 0.0619. The highest BCUT2D eigenvalue weighted by Crippen LogP contribution is 2.37. The number of carbonyl (C=O) groups excluding carboxylic acids is 3. The third kappa shape index (κ3) is 6.69. The summed E-state index contributed by atoms with van der Waals surface area (Å²) in [6.07, 6.45) is 9.86. The number of amides is 3. The Labute approximate surface area is 268 Å². The molecule has 2 heterocycles. The molecular formula is C36H50N6O3. The highest BCUT2D eigenvalue weighted by atomic mass is 16.2. The average molecular weight is 615 g/mol. The number of likely N-dealkylation sites (tertiary alicyclic amines) is 1. The number of rotatable bonds is 9. The standard InChI is InChI=1S/C36H50N6O3/c1-3-29(38-34(43)24-37-2)36(45)42-19-9-18-33(42)35(44)39-30-15-7-14-28-27(30)13-8-17-32(28)41-22-20-40(21-23-41)31-16-6-11-25-10-4-5-12-26(25)31/h6,8,11,13,16-17,29-30,33,37H,3-5,7,9-10,12,14-15,18-24H2,1-2H3,(H,38,43)(H,39,44). The van der Waals surface area contributed by atoms with Crippen molar-refractivity contribution in [1.82, 2.24) is 20.9 Å². The second-order valence-electron chi connectivity index (χ2n) is 13.1. The maximum absolute atomic E-state index is 13.7. The molecule has 2 aliphatic carbocycles. The number of hydrogen-bond donors (Lipinski definition) is 3. The normalized spacial score (nSPS) is 22.0. The fourth-order valence-electron chi connectivity index (χ4n) is 8.04. The van der Waals surface area contributed by atoms with Gasteiger partial charge in [0.15, 0.2) is 0 Å². The van der Waals surface area contributed by atoms with Gasteiger partial charge in [-0.3, -0.25) is 14.4 Å². The van der Waals surface area contributed by atoms with Gasteiger partial charge < -0.3 is 30.7 Å². The van der Waals surface area contributed by atoms with Crippen molar-refractivity contribution in [1.29, 1.82) is 0 Å². The summed E-state index contributed by atoms with van der Waals surface area (Å²) in [6, 6.07) is 12.3. The molecule has 3 atom stereocenters. The minimum atomic E-state index is -0.620. The number of hydrogen-bond acceptors (Lipinski definition) is 6. The summed E-state index contributed by atoms with van der Waals surface area (Å²) in [5, 5.41) is 9.00. The average Bonchev–Trinajstić information content (AvgIpc) is 3.57. The molecule has 3 N–H and O–H groups in total. The van der Waals surface area contributed by atoms with Gasteiger partial charge in [0.1, 0.15) is 12.1 Å². The highest BCUT2D eigenvalue weighted by molar-refractivity contribution is 5.93. The van der Waals surface area contributed by atoms with Gasteiger partial charge in [0.25, 0.3) is 0 Å². The number of carbonyl (C=O) groups is 3. The van der Waals surface area contributed by atoms with Crippen molar-refractivity contribution in [3.05, 3.63) is 58.7 Å². The Kier molecular flexibility index (Phi) is 9.93. The smallest absolute Gasteiger partial charge is 0.245 e. The van der Waals surface area contributed by atoms with E-state index in [4.69, 9.17) is 0 Å². The molecule has 2 saturated heterocycles. The number of aryl methyl sites for hydroxylation is 1. The van der Waals surface area contributed by atoms with E-state index in [1.807, 2.05) is 6.92 Å². The topological polar surface area (TPSA) is 97.0 Å². The van der Waals surface area contributed by atoms with Crippen molar-refractivity contribution in [3.63, 3.8) is 0 Å². The molecule has 0 radical (unpaired) electrons. The molecule has 0 aromatic heterocycles. The van der Waals surface area contributed by atoms with Crippen LogP contribution in [-0.4, -0.2) is 81.0 Å². The number of nitrogens with one attached hydrogen (secondary N) is 3. The summed E-state index contributed by atoms with van der Waals surface area (Å²) in [6.45, 7) is 6.58. The molecule has 2 fully saturated rings. The molecule has 2 aromatic carbocycles. The Morgan fingerprint density at radius 1 is 0.822 bits per heavy atom. The predicted molar refractivity (Wildman–Crippen MR) is 179 cm³/mol. The zero-order chi connectivity index (χ0) is 31.3. The molecular weight excluding hydrogens is 564 g/mol. The van der Waals surface area contributed by atoms with E-state index >= 15 is 0 Å². The van der Waals surface area contributed by atoms with Crippen LogP contribution in [0.25, 0.3) is 0 Å². The van der Waals surface area contributed by atoms with Crippen LogP contribution in [0.4, 0.5) is 11.4 Å². The minimum Gasteiger partial charge on any atom is -0.368 e. The maximum atomic E-state index is 13.7. The second-order valence-corrected chi connectivity index (χ2v) is 13.1. The van der Waals surface area contributed by atoms with Gasteiger partial charge in [-0.1, -0.05) is 31.2 Å². The van der Waals surface area contributed by atoms with Crippen LogP contribution in [0.1, 0.15) is 80.2 Å². The number of anilines is 2. The van der Waals surface area contributed by atoms with Crippen molar-refractivity contribution in [2.24, 2.45) is 0 Å². The molecule has 9 nitrogen and oxygen atoms in total. The van der Waals surface area contributed by atoms with Crippen molar-refractivity contribution in [3.8, 4) is 0 Å². The quantitative estimate of drug-likeness (QED) is 0.400. The number of benzene rings is 2. The molecule has 3 amide bonds. The molecule has 0 saturated carbocycles. The SMILES string of the molecule is CCC(NC(=O)CNC)C(=O)N1CCCC1C(=O)NC1CCCc2c1cccc2N1CCN(c2cccc3c2CCCC3)CC1. The van der Waals surface area contributed by atoms with Gasteiger partial charge in [0, 0.05) is 44.1 Å². The lowest BCUT2D eigenvalue weighted by atomic mass is 9.86. The summed E-state index contributed by atoms with van der Waals surface area (Å²) in [5.41, 5.74) is 8.43. The molecule has 0 spiro atoms. The third-order valence-corrected chi connectivity index (χ3v) is 10.3. The van der Waals surface area contributed by atoms with E-state index in [0.717, 1.165) is 51.9 Å². The molecule has 9 heteroatoms. The van der Waals surface area contributed by atoms with E-state index in [-0.39, 0.29) is 30.3 Å². The first-order chi connectivity index (χ1) is 22.0. The first kappa shape index (κ1) is 31.4. The number of likely N-dealkylation sites (N-methyl/N-ethyl adjacent to an activating group) is 1.